The van der Waals surface area contributed by atoms with Crippen LogP contribution in [0.2, 0.25) is 0 Å². The SMILES string of the molecule is CCOCCCN1C(=O)/C(=C/c2cn(-c3ccccc3)nc2-c2ccc(OCC)c(F)c2)SC1=S. The molecule has 2 heterocycles. The number of carbonyl (C=O) groups excluding carboxylic acids is 1. The average Bonchev–Trinajstić information content (AvgIpc) is 3.40. The summed E-state index contributed by atoms with van der Waals surface area (Å²) < 4.78 is 27.6. The summed E-state index contributed by atoms with van der Waals surface area (Å²) in [6.45, 7) is 5.83. The first-order valence-corrected chi connectivity index (χ1v) is 12.6. The van der Waals surface area contributed by atoms with E-state index in [9.17, 15) is 9.18 Å². The predicted octanol–water partition coefficient (Wildman–Crippen LogP) is 5.70. The Balaban J connectivity index is 1.69. The lowest BCUT2D eigenvalue weighted by atomic mass is 10.1. The van der Waals surface area contributed by atoms with Crippen molar-refractivity contribution in [2.24, 2.45) is 0 Å². The number of para-hydroxylation sites is 1. The zero-order chi connectivity index (χ0) is 24.8. The Morgan fingerprint density at radius 1 is 1.14 bits per heavy atom. The van der Waals surface area contributed by atoms with Gasteiger partial charge >= 0.3 is 0 Å². The third kappa shape index (κ3) is 5.80. The van der Waals surface area contributed by atoms with Crippen LogP contribution in [0.25, 0.3) is 23.0 Å². The molecule has 1 aromatic heterocycles. The molecule has 6 nitrogen and oxygen atoms in total. The summed E-state index contributed by atoms with van der Waals surface area (Å²) in [6.07, 6.45) is 4.31. The number of ether oxygens (including phenoxy) is 2. The number of amides is 1. The van der Waals surface area contributed by atoms with Gasteiger partial charge in [-0.1, -0.05) is 42.2 Å². The van der Waals surface area contributed by atoms with Gasteiger partial charge in [-0.05, 0) is 56.7 Å². The minimum atomic E-state index is -0.467. The van der Waals surface area contributed by atoms with Crippen molar-refractivity contribution in [3.63, 3.8) is 0 Å². The second-order valence-corrected chi connectivity index (χ2v) is 9.35. The molecule has 35 heavy (non-hydrogen) atoms. The Bertz CT molecular complexity index is 1240. The van der Waals surface area contributed by atoms with Gasteiger partial charge in [-0.25, -0.2) is 9.07 Å². The van der Waals surface area contributed by atoms with E-state index in [0.29, 0.717) is 58.8 Å². The van der Waals surface area contributed by atoms with E-state index in [1.54, 1.807) is 34.7 Å². The fourth-order valence-corrected chi connectivity index (χ4v) is 4.95. The number of benzene rings is 2. The number of thioether (sulfide) groups is 1. The van der Waals surface area contributed by atoms with E-state index in [1.807, 2.05) is 43.5 Å². The number of thiocarbonyl (C=S) groups is 1. The average molecular weight is 512 g/mol. The van der Waals surface area contributed by atoms with Crippen LogP contribution >= 0.6 is 24.0 Å². The molecule has 0 unspecified atom stereocenters. The fraction of sp³-hybridized carbons (Fsp3) is 0.269. The summed E-state index contributed by atoms with van der Waals surface area (Å²) in [4.78, 5) is 15.2. The molecular formula is C26H26FN3O3S2. The van der Waals surface area contributed by atoms with Crippen LogP contribution in [0.3, 0.4) is 0 Å². The van der Waals surface area contributed by atoms with Crippen molar-refractivity contribution in [1.82, 2.24) is 14.7 Å². The molecule has 0 atom stereocenters. The number of halogens is 1. The van der Waals surface area contributed by atoms with E-state index >= 15 is 0 Å². The Hall–Kier alpha value is -3.01. The van der Waals surface area contributed by atoms with E-state index < -0.39 is 5.82 Å². The van der Waals surface area contributed by atoms with E-state index in [1.165, 1.54) is 17.8 Å². The Morgan fingerprint density at radius 3 is 2.66 bits per heavy atom. The molecule has 1 aliphatic rings. The van der Waals surface area contributed by atoms with Gasteiger partial charge in [0.2, 0.25) is 0 Å². The highest BCUT2D eigenvalue weighted by Gasteiger charge is 2.32. The van der Waals surface area contributed by atoms with Crippen molar-refractivity contribution in [3.8, 4) is 22.7 Å². The quantitative estimate of drug-likeness (QED) is 0.198. The van der Waals surface area contributed by atoms with Crippen molar-refractivity contribution in [2.45, 2.75) is 20.3 Å². The Labute approximate surface area is 213 Å². The van der Waals surface area contributed by atoms with Crippen molar-refractivity contribution in [1.29, 1.82) is 0 Å². The third-order valence-corrected chi connectivity index (χ3v) is 6.68. The van der Waals surface area contributed by atoms with Gasteiger partial charge in [0, 0.05) is 37.1 Å². The number of aromatic nitrogens is 2. The topological polar surface area (TPSA) is 56.6 Å². The first-order valence-electron chi connectivity index (χ1n) is 11.4. The molecule has 1 fully saturated rings. The molecule has 1 amide bonds. The van der Waals surface area contributed by atoms with E-state index in [-0.39, 0.29) is 11.7 Å². The molecule has 3 aromatic rings. The second-order valence-electron chi connectivity index (χ2n) is 7.68. The number of rotatable bonds is 10. The lowest BCUT2D eigenvalue weighted by Gasteiger charge is -2.13. The monoisotopic (exact) mass is 511 g/mol. The van der Waals surface area contributed by atoms with Crippen molar-refractivity contribution in [2.75, 3.05) is 26.4 Å². The lowest BCUT2D eigenvalue weighted by Crippen LogP contribution is -2.29. The van der Waals surface area contributed by atoms with Gasteiger partial charge in [0.25, 0.3) is 5.91 Å². The molecular weight excluding hydrogens is 485 g/mol. The maximum absolute atomic E-state index is 14.7. The van der Waals surface area contributed by atoms with Crippen LogP contribution in [0.4, 0.5) is 4.39 Å². The highest BCUT2D eigenvalue weighted by molar-refractivity contribution is 8.26. The number of nitrogens with zero attached hydrogens (tertiary/aromatic N) is 3. The highest BCUT2D eigenvalue weighted by Crippen LogP contribution is 2.35. The van der Waals surface area contributed by atoms with Gasteiger partial charge in [0.15, 0.2) is 11.6 Å². The highest BCUT2D eigenvalue weighted by atomic mass is 32.2. The first kappa shape index (κ1) is 25.1. The Morgan fingerprint density at radius 2 is 1.94 bits per heavy atom. The van der Waals surface area contributed by atoms with Crippen LogP contribution in [-0.4, -0.2) is 51.3 Å². The van der Waals surface area contributed by atoms with Gasteiger partial charge < -0.3 is 9.47 Å². The largest absolute Gasteiger partial charge is 0.491 e. The second kappa shape index (κ2) is 11.6. The molecule has 0 N–H and O–H groups in total. The number of hydrogen-bond acceptors (Lipinski definition) is 6. The van der Waals surface area contributed by atoms with Crippen LogP contribution < -0.4 is 4.74 Å². The smallest absolute Gasteiger partial charge is 0.266 e. The molecule has 0 radical (unpaired) electrons. The maximum atomic E-state index is 14.7. The van der Waals surface area contributed by atoms with Crippen molar-refractivity contribution < 1.29 is 18.7 Å². The lowest BCUT2D eigenvalue weighted by molar-refractivity contribution is -0.122. The van der Waals surface area contributed by atoms with Gasteiger partial charge in [0.05, 0.1) is 17.2 Å². The standard InChI is InChI=1S/C26H26FN3O3S2/c1-3-32-14-8-13-29-25(31)23(35-26(29)34)16-19-17-30(20-9-6-5-7-10-20)28-24(19)18-11-12-22(33-4-2)21(27)15-18/h5-7,9-12,15-17H,3-4,8,13-14H2,1-2H3/b23-16-. The molecule has 182 valence electrons. The maximum Gasteiger partial charge on any atom is 0.266 e. The summed E-state index contributed by atoms with van der Waals surface area (Å²) >= 11 is 6.71. The zero-order valence-electron chi connectivity index (χ0n) is 19.6. The summed E-state index contributed by atoms with van der Waals surface area (Å²) in [7, 11) is 0. The molecule has 4 rings (SSSR count). The van der Waals surface area contributed by atoms with Crippen LogP contribution in [0.15, 0.2) is 59.6 Å². The fourth-order valence-electron chi connectivity index (χ4n) is 3.65. The molecule has 0 bridgehead atoms. The van der Waals surface area contributed by atoms with Gasteiger partial charge in [-0.3, -0.25) is 9.69 Å². The van der Waals surface area contributed by atoms with E-state index in [0.717, 1.165) is 5.69 Å². The van der Waals surface area contributed by atoms with E-state index in [2.05, 4.69) is 0 Å². The molecule has 0 aliphatic carbocycles. The molecule has 1 saturated heterocycles. The molecule has 0 saturated carbocycles. The summed E-state index contributed by atoms with van der Waals surface area (Å²) in [6, 6.07) is 14.4. The number of hydrogen-bond donors (Lipinski definition) is 0. The number of carbonyl (C=O) groups is 1. The normalized spacial score (nSPS) is 14.8. The minimum absolute atomic E-state index is 0.146. The molecule has 2 aromatic carbocycles. The minimum Gasteiger partial charge on any atom is -0.491 e. The van der Waals surface area contributed by atoms with E-state index in [4.69, 9.17) is 26.8 Å². The van der Waals surface area contributed by atoms with Crippen LogP contribution in [0, 0.1) is 5.82 Å². The van der Waals surface area contributed by atoms with Gasteiger partial charge in [-0.2, -0.15) is 5.10 Å². The zero-order valence-corrected chi connectivity index (χ0v) is 21.2. The van der Waals surface area contributed by atoms with Crippen molar-refractivity contribution in [3.05, 3.63) is 71.0 Å². The van der Waals surface area contributed by atoms with Crippen LogP contribution in [-0.2, 0) is 9.53 Å². The van der Waals surface area contributed by atoms with Gasteiger partial charge in [-0.15, -0.1) is 0 Å². The van der Waals surface area contributed by atoms with Gasteiger partial charge in [0.1, 0.15) is 10.0 Å². The van der Waals surface area contributed by atoms with Crippen LogP contribution in [0.1, 0.15) is 25.8 Å². The first-order chi connectivity index (χ1) is 17.0. The molecule has 0 spiro atoms. The third-order valence-electron chi connectivity index (χ3n) is 5.30. The molecule has 9 heteroatoms. The van der Waals surface area contributed by atoms with Crippen LogP contribution in [0.5, 0.6) is 5.75 Å². The predicted molar refractivity (Wildman–Crippen MR) is 141 cm³/mol. The summed E-state index contributed by atoms with van der Waals surface area (Å²) in [5, 5.41) is 4.72. The van der Waals surface area contributed by atoms with Crippen molar-refractivity contribution >= 4 is 40.3 Å². The Kier molecular flexibility index (Phi) is 8.33. The molecule has 1 aliphatic heterocycles. The summed E-state index contributed by atoms with van der Waals surface area (Å²) in [5.41, 5.74) is 2.67. The summed E-state index contributed by atoms with van der Waals surface area (Å²) in [5.74, 6) is -0.425.